The van der Waals surface area contributed by atoms with E-state index in [1.165, 1.54) is 16.9 Å². The molecule has 0 radical (unpaired) electrons. The number of anilines is 1. The first-order valence-electron chi connectivity index (χ1n) is 5.76. The van der Waals surface area contributed by atoms with E-state index >= 15 is 0 Å². The minimum absolute atomic E-state index is 0.00246. The Kier molecular flexibility index (Phi) is 4.74. The smallest absolute Gasteiger partial charge is 0.256 e. The van der Waals surface area contributed by atoms with E-state index in [2.05, 4.69) is 0 Å². The van der Waals surface area contributed by atoms with E-state index in [0.717, 1.165) is 0 Å². The second-order valence-corrected chi connectivity index (χ2v) is 4.40. The summed E-state index contributed by atoms with van der Waals surface area (Å²) in [6.45, 7) is 0.00246. The highest BCUT2D eigenvalue weighted by molar-refractivity contribution is 6.00. The SMILES string of the molecule is COc1ccc(N)c(C(=O)N(C)CC(=O)N(C)C)c1. The molecule has 0 saturated heterocycles. The lowest BCUT2D eigenvalue weighted by molar-refractivity contribution is -0.129. The fraction of sp³-hybridized carbons (Fsp3) is 0.385. The van der Waals surface area contributed by atoms with Crippen molar-refractivity contribution in [3.05, 3.63) is 23.8 Å². The van der Waals surface area contributed by atoms with Crippen molar-refractivity contribution in [3.8, 4) is 5.75 Å². The highest BCUT2D eigenvalue weighted by atomic mass is 16.5. The normalized spacial score (nSPS) is 9.89. The fourth-order valence-corrected chi connectivity index (χ4v) is 1.47. The molecule has 2 N–H and O–H groups in total. The molecule has 0 bridgehead atoms. The van der Waals surface area contributed by atoms with Crippen LogP contribution >= 0.6 is 0 Å². The van der Waals surface area contributed by atoms with Crippen molar-refractivity contribution in [1.82, 2.24) is 9.80 Å². The molecule has 6 heteroatoms. The van der Waals surface area contributed by atoms with E-state index in [1.807, 2.05) is 0 Å². The molecule has 2 amide bonds. The van der Waals surface area contributed by atoms with Gasteiger partial charge in [0.2, 0.25) is 5.91 Å². The molecule has 0 heterocycles. The lowest BCUT2D eigenvalue weighted by Gasteiger charge is -2.20. The molecule has 0 saturated carbocycles. The van der Waals surface area contributed by atoms with Crippen molar-refractivity contribution < 1.29 is 14.3 Å². The Bertz CT molecular complexity index is 486. The maximum Gasteiger partial charge on any atom is 0.256 e. The second kappa shape index (κ2) is 6.08. The van der Waals surface area contributed by atoms with Crippen molar-refractivity contribution in [2.75, 3.05) is 40.5 Å². The minimum atomic E-state index is -0.313. The summed E-state index contributed by atoms with van der Waals surface area (Å²) < 4.78 is 5.06. The monoisotopic (exact) mass is 265 g/mol. The second-order valence-electron chi connectivity index (χ2n) is 4.40. The third-order valence-corrected chi connectivity index (χ3v) is 2.71. The van der Waals surface area contributed by atoms with E-state index in [1.54, 1.807) is 39.3 Å². The van der Waals surface area contributed by atoms with Crippen molar-refractivity contribution in [3.63, 3.8) is 0 Å². The zero-order valence-corrected chi connectivity index (χ0v) is 11.6. The predicted molar refractivity (Wildman–Crippen MR) is 73.1 cm³/mol. The number of hydrogen-bond acceptors (Lipinski definition) is 4. The Hall–Kier alpha value is -2.24. The number of carbonyl (C=O) groups excluding carboxylic acids is 2. The summed E-state index contributed by atoms with van der Waals surface area (Å²) in [4.78, 5) is 26.5. The Labute approximate surface area is 112 Å². The number of rotatable bonds is 4. The number of nitrogens with zero attached hydrogens (tertiary/aromatic N) is 2. The topological polar surface area (TPSA) is 75.9 Å². The van der Waals surface area contributed by atoms with Crippen LogP contribution in [0.2, 0.25) is 0 Å². The van der Waals surface area contributed by atoms with Crippen LogP contribution in [-0.2, 0) is 4.79 Å². The number of carbonyl (C=O) groups is 2. The molecule has 0 aliphatic heterocycles. The van der Waals surface area contributed by atoms with Gasteiger partial charge in [-0.3, -0.25) is 9.59 Å². The van der Waals surface area contributed by atoms with Gasteiger partial charge in [0.15, 0.2) is 0 Å². The van der Waals surface area contributed by atoms with Gasteiger partial charge in [0.05, 0.1) is 19.2 Å². The fourth-order valence-electron chi connectivity index (χ4n) is 1.47. The molecular weight excluding hydrogens is 246 g/mol. The number of amides is 2. The van der Waals surface area contributed by atoms with E-state index in [0.29, 0.717) is 17.0 Å². The third-order valence-electron chi connectivity index (χ3n) is 2.71. The standard InChI is InChI=1S/C13H19N3O3/c1-15(2)12(17)8-16(3)13(18)10-7-9(19-4)5-6-11(10)14/h5-7H,8,14H2,1-4H3. The van der Waals surface area contributed by atoms with E-state index < -0.39 is 0 Å². The average Bonchev–Trinajstić information content (AvgIpc) is 2.38. The van der Waals surface area contributed by atoms with Crippen molar-refractivity contribution in [2.24, 2.45) is 0 Å². The molecule has 0 aromatic heterocycles. The summed E-state index contributed by atoms with van der Waals surface area (Å²) in [6, 6.07) is 4.85. The van der Waals surface area contributed by atoms with E-state index in [9.17, 15) is 9.59 Å². The molecule has 1 aromatic rings. The quantitative estimate of drug-likeness (QED) is 0.801. The van der Waals surface area contributed by atoms with Crippen LogP contribution in [0, 0.1) is 0 Å². The summed E-state index contributed by atoms with van der Waals surface area (Å²) >= 11 is 0. The van der Waals surface area contributed by atoms with E-state index in [-0.39, 0.29) is 18.4 Å². The van der Waals surface area contributed by atoms with Crippen LogP contribution in [0.15, 0.2) is 18.2 Å². The Morgan fingerprint density at radius 3 is 2.42 bits per heavy atom. The van der Waals surface area contributed by atoms with Gasteiger partial charge >= 0.3 is 0 Å². The Morgan fingerprint density at radius 2 is 1.89 bits per heavy atom. The van der Waals surface area contributed by atoms with E-state index in [4.69, 9.17) is 10.5 Å². The van der Waals surface area contributed by atoms with Crippen LogP contribution in [0.3, 0.4) is 0 Å². The molecule has 0 spiro atoms. The van der Waals surface area contributed by atoms with Gasteiger partial charge in [-0.2, -0.15) is 0 Å². The molecule has 0 fully saturated rings. The van der Waals surface area contributed by atoms with Gasteiger partial charge in [-0.1, -0.05) is 0 Å². The maximum atomic E-state index is 12.2. The number of methoxy groups -OCH3 is 1. The summed E-state index contributed by atoms with van der Waals surface area (Å²) in [5.74, 6) is 0.0776. The lowest BCUT2D eigenvalue weighted by atomic mass is 10.1. The van der Waals surface area contributed by atoms with Crippen LogP contribution < -0.4 is 10.5 Å². The van der Waals surface area contributed by atoms with Gasteiger partial charge in [0.25, 0.3) is 5.91 Å². The van der Waals surface area contributed by atoms with Crippen LogP contribution in [0.25, 0.3) is 0 Å². The lowest BCUT2D eigenvalue weighted by Crippen LogP contribution is -2.38. The van der Waals surface area contributed by atoms with Crippen LogP contribution in [0.5, 0.6) is 5.75 Å². The van der Waals surface area contributed by atoms with Gasteiger partial charge in [0, 0.05) is 26.8 Å². The van der Waals surface area contributed by atoms with Crippen molar-refractivity contribution in [2.45, 2.75) is 0 Å². The molecule has 6 nitrogen and oxygen atoms in total. The molecule has 1 aromatic carbocycles. The average molecular weight is 265 g/mol. The Balaban J connectivity index is 2.90. The first kappa shape index (κ1) is 14.8. The molecule has 1 rings (SSSR count). The first-order chi connectivity index (χ1) is 8.86. The molecular formula is C13H19N3O3. The molecule has 0 unspecified atom stereocenters. The molecule has 0 aliphatic carbocycles. The highest BCUT2D eigenvalue weighted by Gasteiger charge is 2.18. The van der Waals surface area contributed by atoms with Crippen molar-refractivity contribution in [1.29, 1.82) is 0 Å². The molecule has 0 atom stereocenters. The van der Waals surface area contributed by atoms with Gasteiger partial charge in [-0.15, -0.1) is 0 Å². The largest absolute Gasteiger partial charge is 0.497 e. The molecule has 0 aliphatic rings. The van der Waals surface area contributed by atoms with Gasteiger partial charge in [-0.25, -0.2) is 0 Å². The number of likely N-dealkylation sites (N-methyl/N-ethyl adjacent to an activating group) is 2. The summed E-state index contributed by atoms with van der Waals surface area (Å²) in [5.41, 5.74) is 6.46. The van der Waals surface area contributed by atoms with Gasteiger partial charge in [0.1, 0.15) is 5.75 Å². The van der Waals surface area contributed by atoms with Gasteiger partial charge in [-0.05, 0) is 18.2 Å². The van der Waals surface area contributed by atoms with Crippen LogP contribution in [0.4, 0.5) is 5.69 Å². The zero-order chi connectivity index (χ0) is 14.6. The maximum absolute atomic E-state index is 12.2. The van der Waals surface area contributed by atoms with Gasteiger partial charge < -0.3 is 20.3 Å². The minimum Gasteiger partial charge on any atom is -0.497 e. The molecule has 19 heavy (non-hydrogen) atoms. The number of ether oxygens (including phenoxy) is 1. The van der Waals surface area contributed by atoms with Crippen LogP contribution in [-0.4, -0.2) is 56.4 Å². The van der Waals surface area contributed by atoms with Crippen molar-refractivity contribution >= 4 is 17.5 Å². The first-order valence-corrected chi connectivity index (χ1v) is 5.76. The number of nitrogens with two attached hydrogens (primary N) is 1. The molecule has 104 valence electrons. The zero-order valence-electron chi connectivity index (χ0n) is 11.6. The number of nitrogen functional groups attached to an aromatic ring is 1. The van der Waals surface area contributed by atoms with Crippen LogP contribution in [0.1, 0.15) is 10.4 Å². The number of benzene rings is 1. The summed E-state index contributed by atoms with van der Waals surface area (Å²) in [7, 11) is 6.35. The third kappa shape index (κ3) is 3.61. The summed E-state index contributed by atoms with van der Waals surface area (Å²) in [6.07, 6.45) is 0. The summed E-state index contributed by atoms with van der Waals surface area (Å²) in [5, 5.41) is 0. The number of hydrogen-bond donors (Lipinski definition) is 1. The predicted octanol–water partition coefficient (Wildman–Crippen LogP) is 0.438. The Morgan fingerprint density at radius 1 is 1.26 bits per heavy atom. The highest BCUT2D eigenvalue weighted by Crippen LogP contribution is 2.20.